The zero-order valence-corrected chi connectivity index (χ0v) is 16.2. The molecule has 0 fully saturated rings. The van der Waals surface area contributed by atoms with Crippen LogP contribution in [0, 0.1) is 5.41 Å². The second kappa shape index (κ2) is 10.4. The second-order valence-electron chi connectivity index (χ2n) is 6.94. The van der Waals surface area contributed by atoms with Crippen molar-refractivity contribution < 1.29 is 9.59 Å². The fourth-order valence-corrected chi connectivity index (χ4v) is 2.83. The Morgan fingerprint density at radius 3 is 2.21 bits per heavy atom. The molecule has 6 N–H and O–H groups in total. The van der Waals surface area contributed by atoms with Gasteiger partial charge in [0.25, 0.3) is 0 Å². The Morgan fingerprint density at radius 1 is 1.00 bits per heavy atom. The van der Waals surface area contributed by atoms with Gasteiger partial charge in [0.1, 0.15) is 5.84 Å². The number of nitrogens with one attached hydrogen (secondary N) is 2. The van der Waals surface area contributed by atoms with E-state index in [0.717, 1.165) is 11.1 Å². The summed E-state index contributed by atoms with van der Waals surface area (Å²) in [5, 5.41) is 10.1. The zero-order chi connectivity index (χ0) is 20.5. The van der Waals surface area contributed by atoms with Crippen LogP contribution in [0.2, 0.25) is 0 Å². The molecular weight excluding hydrogens is 352 g/mol. The van der Waals surface area contributed by atoms with E-state index in [-0.39, 0.29) is 17.5 Å². The first-order valence-electron chi connectivity index (χ1n) is 9.42. The fraction of sp³-hybridized carbons (Fsp3) is 0.318. The lowest BCUT2D eigenvalue weighted by molar-refractivity contribution is -0.128. The van der Waals surface area contributed by atoms with Crippen LogP contribution in [-0.4, -0.2) is 29.6 Å². The van der Waals surface area contributed by atoms with Crippen LogP contribution in [-0.2, 0) is 22.4 Å². The normalized spacial score (nSPS) is 12.8. The molecule has 0 unspecified atom stereocenters. The molecule has 2 rings (SSSR count). The molecule has 0 radical (unpaired) electrons. The van der Waals surface area contributed by atoms with E-state index in [1.54, 1.807) is 19.1 Å². The molecule has 6 heteroatoms. The quantitative estimate of drug-likeness (QED) is 0.371. The largest absolute Gasteiger partial charge is 0.384 e. The van der Waals surface area contributed by atoms with E-state index in [9.17, 15) is 9.59 Å². The summed E-state index contributed by atoms with van der Waals surface area (Å²) in [6.07, 6.45) is 2.13. The van der Waals surface area contributed by atoms with Crippen LogP contribution in [0.4, 0.5) is 0 Å². The number of Topliss-reactive ketones (excluding diaryl/α,β-unsaturated/α-hetero) is 1. The molecule has 2 aromatic carbocycles. The number of hydrogen-bond donors (Lipinski definition) is 4. The highest BCUT2D eigenvalue weighted by Gasteiger charge is 2.19. The summed E-state index contributed by atoms with van der Waals surface area (Å²) < 4.78 is 0. The van der Waals surface area contributed by atoms with Gasteiger partial charge in [-0.1, -0.05) is 54.6 Å². The molecule has 148 valence electrons. The lowest BCUT2D eigenvalue weighted by Crippen LogP contribution is -2.47. The van der Waals surface area contributed by atoms with Crippen molar-refractivity contribution in [2.24, 2.45) is 11.5 Å². The molecule has 0 aliphatic rings. The zero-order valence-electron chi connectivity index (χ0n) is 16.2. The van der Waals surface area contributed by atoms with Crippen LogP contribution in [0.25, 0.3) is 0 Å². The van der Waals surface area contributed by atoms with E-state index in [2.05, 4.69) is 5.32 Å². The molecule has 0 aromatic heterocycles. The van der Waals surface area contributed by atoms with Gasteiger partial charge in [0.05, 0.1) is 12.1 Å². The molecule has 0 aliphatic heterocycles. The van der Waals surface area contributed by atoms with E-state index in [1.165, 1.54) is 0 Å². The Kier molecular flexibility index (Phi) is 7.89. The van der Waals surface area contributed by atoms with Crippen LogP contribution < -0.4 is 16.8 Å². The predicted octanol–water partition coefficient (Wildman–Crippen LogP) is 1.94. The van der Waals surface area contributed by atoms with Crippen molar-refractivity contribution in [1.82, 2.24) is 5.32 Å². The third-order valence-corrected chi connectivity index (χ3v) is 4.69. The minimum absolute atomic E-state index is 0.0163. The Morgan fingerprint density at radius 2 is 1.61 bits per heavy atom. The Balaban J connectivity index is 1.75. The van der Waals surface area contributed by atoms with Gasteiger partial charge in [0.2, 0.25) is 5.91 Å². The van der Waals surface area contributed by atoms with E-state index in [1.807, 2.05) is 42.5 Å². The van der Waals surface area contributed by atoms with Crippen molar-refractivity contribution in [2.45, 2.75) is 44.7 Å². The lowest BCUT2D eigenvalue weighted by Gasteiger charge is -2.17. The average Bonchev–Trinajstić information content (AvgIpc) is 2.71. The standard InChI is InChI=1S/C22H28N4O2/c1-15(20(27)14-10-17-7-11-18(12-8-17)21(24)25)26-22(28)19(23)13-9-16-5-3-2-4-6-16/h2-8,11-12,15,19H,9-10,13-14,23H2,1H3,(H3,24,25)(H,26,28)/t15-,19+/m0/s1. The summed E-state index contributed by atoms with van der Waals surface area (Å²) in [6.45, 7) is 1.68. The maximum Gasteiger partial charge on any atom is 0.237 e. The molecular formula is C22H28N4O2. The number of amidine groups is 1. The number of carbonyl (C=O) groups is 2. The van der Waals surface area contributed by atoms with Gasteiger partial charge in [-0.3, -0.25) is 15.0 Å². The fourth-order valence-electron chi connectivity index (χ4n) is 2.83. The van der Waals surface area contributed by atoms with Crippen molar-refractivity contribution in [3.63, 3.8) is 0 Å². The number of benzene rings is 2. The molecule has 28 heavy (non-hydrogen) atoms. The highest BCUT2D eigenvalue weighted by atomic mass is 16.2. The summed E-state index contributed by atoms with van der Waals surface area (Å²) in [4.78, 5) is 24.6. The van der Waals surface area contributed by atoms with Crippen molar-refractivity contribution in [3.05, 3.63) is 71.3 Å². The topological polar surface area (TPSA) is 122 Å². The first kappa shape index (κ1) is 21.3. The monoisotopic (exact) mass is 380 g/mol. The van der Waals surface area contributed by atoms with Gasteiger partial charge < -0.3 is 16.8 Å². The molecule has 0 bridgehead atoms. The minimum Gasteiger partial charge on any atom is -0.384 e. The Hall–Kier alpha value is -2.99. The highest BCUT2D eigenvalue weighted by Crippen LogP contribution is 2.08. The minimum atomic E-state index is -0.644. The van der Waals surface area contributed by atoms with Crippen molar-refractivity contribution in [3.8, 4) is 0 Å². The van der Waals surface area contributed by atoms with E-state index < -0.39 is 12.1 Å². The molecule has 2 aromatic rings. The predicted molar refractivity (Wildman–Crippen MR) is 111 cm³/mol. The summed E-state index contributed by atoms with van der Waals surface area (Å²) >= 11 is 0. The van der Waals surface area contributed by atoms with Gasteiger partial charge in [-0.2, -0.15) is 0 Å². The molecule has 0 spiro atoms. The Bertz CT molecular complexity index is 803. The second-order valence-corrected chi connectivity index (χ2v) is 6.94. The van der Waals surface area contributed by atoms with Crippen molar-refractivity contribution >= 4 is 17.5 Å². The number of rotatable bonds is 10. The maximum absolute atomic E-state index is 12.3. The summed E-state index contributed by atoms with van der Waals surface area (Å²) in [5.74, 6) is -0.329. The molecule has 1 amide bonds. The number of hydrogen-bond acceptors (Lipinski definition) is 4. The smallest absolute Gasteiger partial charge is 0.237 e. The van der Waals surface area contributed by atoms with Crippen LogP contribution in [0.3, 0.4) is 0 Å². The van der Waals surface area contributed by atoms with E-state index >= 15 is 0 Å². The highest BCUT2D eigenvalue weighted by molar-refractivity contribution is 5.95. The third kappa shape index (κ3) is 6.63. The molecule has 0 saturated heterocycles. The molecule has 6 nitrogen and oxygen atoms in total. The van der Waals surface area contributed by atoms with Gasteiger partial charge in [0, 0.05) is 12.0 Å². The number of aryl methyl sites for hydroxylation is 2. The first-order valence-corrected chi connectivity index (χ1v) is 9.42. The number of carbonyl (C=O) groups excluding carboxylic acids is 2. The van der Waals surface area contributed by atoms with Crippen molar-refractivity contribution in [1.29, 1.82) is 5.41 Å². The molecule has 0 saturated carbocycles. The summed E-state index contributed by atoms with van der Waals surface area (Å²) in [6, 6.07) is 15.9. The number of amides is 1. The summed E-state index contributed by atoms with van der Waals surface area (Å²) in [5.41, 5.74) is 14.2. The molecule has 2 atom stereocenters. The van der Waals surface area contributed by atoms with Crippen LogP contribution in [0.5, 0.6) is 0 Å². The lowest BCUT2D eigenvalue weighted by atomic mass is 10.0. The number of ketones is 1. The Labute approximate surface area is 165 Å². The van der Waals surface area contributed by atoms with Gasteiger partial charge >= 0.3 is 0 Å². The van der Waals surface area contributed by atoms with Gasteiger partial charge in [0.15, 0.2) is 5.78 Å². The number of nitrogen functional groups attached to an aromatic ring is 1. The average molecular weight is 380 g/mol. The van der Waals surface area contributed by atoms with Gasteiger partial charge in [-0.05, 0) is 37.3 Å². The van der Waals surface area contributed by atoms with Gasteiger partial charge in [-0.15, -0.1) is 0 Å². The van der Waals surface area contributed by atoms with Crippen LogP contribution >= 0.6 is 0 Å². The van der Waals surface area contributed by atoms with Crippen LogP contribution in [0.1, 0.15) is 36.5 Å². The van der Waals surface area contributed by atoms with Crippen molar-refractivity contribution in [2.75, 3.05) is 0 Å². The third-order valence-electron chi connectivity index (χ3n) is 4.69. The van der Waals surface area contributed by atoms with Crippen LogP contribution in [0.15, 0.2) is 54.6 Å². The summed E-state index contributed by atoms with van der Waals surface area (Å²) in [7, 11) is 0. The van der Waals surface area contributed by atoms with Gasteiger partial charge in [-0.25, -0.2) is 0 Å². The first-order chi connectivity index (χ1) is 13.4. The molecule has 0 heterocycles. The number of nitrogens with two attached hydrogens (primary N) is 2. The SMILES string of the molecule is C[C@H](NC(=O)[C@H](N)CCc1ccccc1)C(=O)CCc1ccc(C(=N)N)cc1. The van der Waals surface area contributed by atoms with E-state index in [0.29, 0.717) is 31.2 Å². The molecule has 0 aliphatic carbocycles. The van der Waals surface area contributed by atoms with E-state index in [4.69, 9.17) is 16.9 Å². The maximum atomic E-state index is 12.3.